The van der Waals surface area contributed by atoms with Crippen molar-refractivity contribution in [1.82, 2.24) is 15.2 Å². The summed E-state index contributed by atoms with van der Waals surface area (Å²) in [6.07, 6.45) is 4.02. The minimum absolute atomic E-state index is 0.0180. The fourth-order valence-electron chi connectivity index (χ4n) is 3.91. The molecule has 0 spiro atoms. The van der Waals surface area contributed by atoms with Crippen molar-refractivity contribution in [3.63, 3.8) is 0 Å². The summed E-state index contributed by atoms with van der Waals surface area (Å²) in [5.74, 6) is 1.30. The number of nitrogens with one attached hydrogen (secondary N) is 1. The van der Waals surface area contributed by atoms with Crippen molar-refractivity contribution in [1.29, 1.82) is 0 Å². The summed E-state index contributed by atoms with van der Waals surface area (Å²) in [7, 11) is 0. The second kappa shape index (κ2) is 9.49. The van der Waals surface area contributed by atoms with Gasteiger partial charge in [-0.25, -0.2) is 4.98 Å². The number of anilines is 1. The lowest BCUT2D eigenvalue weighted by Gasteiger charge is -2.32. The first kappa shape index (κ1) is 19.4. The lowest BCUT2D eigenvalue weighted by molar-refractivity contribution is 0.0933. The molecule has 1 N–H and O–H groups in total. The normalized spacial score (nSPS) is 18.9. The maximum atomic E-state index is 12.8. The summed E-state index contributed by atoms with van der Waals surface area (Å²) < 4.78 is 5.42. The molecule has 0 atom stereocenters. The van der Waals surface area contributed by atoms with E-state index in [-0.39, 0.29) is 5.91 Å². The number of amides is 1. The van der Waals surface area contributed by atoms with Crippen molar-refractivity contribution in [2.24, 2.45) is 5.92 Å². The number of piperidine rings is 1. The van der Waals surface area contributed by atoms with E-state index in [1.165, 1.54) is 4.88 Å². The van der Waals surface area contributed by atoms with Gasteiger partial charge in [-0.15, -0.1) is 11.3 Å². The predicted molar refractivity (Wildman–Crippen MR) is 112 cm³/mol. The van der Waals surface area contributed by atoms with Gasteiger partial charge in [0.15, 0.2) is 0 Å². The fourth-order valence-corrected chi connectivity index (χ4v) is 4.65. The first-order chi connectivity index (χ1) is 13.8. The molecule has 150 valence electrons. The van der Waals surface area contributed by atoms with Crippen LogP contribution in [-0.4, -0.2) is 61.7 Å². The van der Waals surface area contributed by atoms with Crippen LogP contribution in [0.25, 0.3) is 0 Å². The summed E-state index contributed by atoms with van der Waals surface area (Å²) in [4.78, 5) is 23.4. The second-order valence-electron chi connectivity index (χ2n) is 7.48. The number of likely N-dealkylation sites (tertiary alicyclic amines) is 1. The molecule has 6 nitrogen and oxygen atoms in total. The van der Waals surface area contributed by atoms with Crippen LogP contribution >= 0.6 is 11.3 Å². The number of carbonyl (C=O) groups is 1. The van der Waals surface area contributed by atoms with E-state index in [0.29, 0.717) is 24.7 Å². The molecule has 0 radical (unpaired) electrons. The van der Waals surface area contributed by atoms with Crippen LogP contribution in [0.5, 0.6) is 0 Å². The molecular formula is C21H28N4O2S. The van der Waals surface area contributed by atoms with Crippen LogP contribution in [0.1, 0.15) is 28.1 Å². The molecule has 2 fully saturated rings. The zero-order valence-electron chi connectivity index (χ0n) is 16.2. The highest BCUT2D eigenvalue weighted by molar-refractivity contribution is 7.09. The van der Waals surface area contributed by atoms with Crippen LogP contribution in [0.2, 0.25) is 0 Å². The maximum absolute atomic E-state index is 12.8. The number of ether oxygens (including phenoxy) is 1. The van der Waals surface area contributed by atoms with Crippen LogP contribution < -0.4 is 10.2 Å². The summed E-state index contributed by atoms with van der Waals surface area (Å²) in [5, 5.41) is 5.30. The number of hydrogen-bond acceptors (Lipinski definition) is 6. The first-order valence-corrected chi connectivity index (χ1v) is 11.0. The minimum atomic E-state index is -0.0180. The molecule has 1 amide bonds. The van der Waals surface area contributed by atoms with Crippen LogP contribution in [0.3, 0.4) is 0 Å². The smallest absolute Gasteiger partial charge is 0.255 e. The molecule has 2 aromatic rings. The Morgan fingerprint density at radius 1 is 1.18 bits per heavy atom. The number of morpholine rings is 1. The largest absolute Gasteiger partial charge is 0.378 e. The van der Waals surface area contributed by atoms with E-state index in [4.69, 9.17) is 4.74 Å². The summed E-state index contributed by atoms with van der Waals surface area (Å²) in [6, 6.07) is 8.03. The molecule has 0 unspecified atom stereocenters. The van der Waals surface area contributed by atoms with Crippen LogP contribution in [0.15, 0.2) is 35.8 Å². The highest BCUT2D eigenvalue weighted by atomic mass is 32.1. The Bertz CT molecular complexity index is 754. The fraction of sp³-hybridized carbons (Fsp3) is 0.524. The highest BCUT2D eigenvalue weighted by Crippen LogP contribution is 2.21. The van der Waals surface area contributed by atoms with E-state index in [2.05, 4.69) is 37.6 Å². The van der Waals surface area contributed by atoms with Gasteiger partial charge in [-0.1, -0.05) is 6.07 Å². The standard InChI is InChI=1S/C21H28N4O2S/c26-21(19-4-1-7-22-20(19)25-10-12-27-13-11-25)23-15-17-5-8-24(9-6-17)16-18-3-2-14-28-18/h1-4,7,14,17H,5-6,8-13,15-16H2,(H,23,26). The van der Waals surface area contributed by atoms with E-state index in [9.17, 15) is 4.79 Å². The molecule has 4 heterocycles. The predicted octanol–water partition coefficient (Wildman–Crippen LogP) is 2.62. The molecule has 2 aromatic heterocycles. The van der Waals surface area contributed by atoms with Crippen molar-refractivity contribution in [3.8, 4) is 0 Å². The minimum Gasteiger partial charge on any atom is -0.378 e. The quantitative estimate of drug-likeness (QED) is 0.808. The van der Waals surface area contributed by atoms with Gasteiger partial charge in [0.2, 0.25) is 0 Å². The van der Waals surface area contributed by atoms with Gasteiger partial charge >= 0.3 is 0 Å². The average molecular weight is 401 g/mol. The molecule has 4 rings (SSSR count). The van der Waals surface area contributed by atoms with E-state index >= 15 is 0 Å². The summed E-state index contributed by atoms with van der Waals surface area (Å²) in [5.41, 5.74) is 0.666. The van der Waals surface area contributed by atoms with Crippen LogP contribution in [0.4, 0.5) is 5.82 Å². The molecule has 7 heteroatoms. The number of hydrogen-bond donors (Lipinski definition) is 1. The van der Waals surface area contributed by atoms with Gasteiger partial charge in [-0.05, 0) is 55.4 Å². The Morgan fingerprint density at radius 2 is 2.00 bits per heavy atom. The highest BCUT2D eigenvalue weighted by Gasteiger charge is 2.23. The third-order valence-electron chi connectivity index (χ3n) is 5.56. The molecule has 0 bridgehead atoms. The van der Waals surface area contributed by atoms with Gasteiger partial charge in [0.05, 0.1) is 18.8 Å². The lowest BCUT2D eigenvalue weighted by atomic mass is 9.96. The van der Waals surface area contributed by atoms with Crippen molar-refractivity contribution in [3.05, 3.63) is 46.3 Å². The number of aromatic nitrogens is 1. The number of rotatable bonds is 6. The average Bonchev–Trinajstić information content (AvgIpc) is 3.27. The number of carbonyl (C=O) groups excluding carboxylic acids is 1. The summed E-state index contributed by atoms with van der Waals surface area (Å²) >= 11 is 1.83. The van der Waals surface area contributed by atoms with Crippen molar-refractivity contribution in [2.75, 3.05) is 50.8 Å². The molecule has 0 aliphatic carbocycles. The van der Waals surface area contributed by atoms with Gasteiger partial charge in [0.25, 0.3) is 5.91 Å². The van der Waals surface area contributed by atoms with Gasteiger partial charge in [-0.3, -0.25) is 9.69 Å². The van der Waals surface area contributed by atoms with E-state index in [0.717, 1.165) is 57.9 Å². The Labute approximate surface area is 170 Å². The molecule has 2 saturated heterocycles. The van der Waals surface area contributed by atoms with E-state index in [1.54, 1.807) is 6.20 Å². The van der Waals surface area contributed by atoms with Crippen molar-refractivity contribution in [2.45, 2.75) is 19.4 Å². The first-order valence-electron chi connectivity index (χ1n) is 10.1. The summed E-state index contributed by atoms with van der Waals surface area (Å²) in [6.45, 7) is 6.91. The van der Waals surface area contributed by atoms with Gasteiger partial charge in [0, 0.05) is 37.3 Å². The second-order valence-corrected chi connectivity index (χ2v) is 8.52. The Hall–Kier alpha value is -1.96. The van der Waals surface area contributed by atoms with Crippen molar-refractivity contribution < 1.29 is 9.53 Å². The Kier molecular flexibility index (Phi) is 6.57. The Morgan fingerprint density at radius 3 is 2.75 bits per heavy atom. The van der Waals surface area contributed by atoms with Crippen LogP contribution in [-0.2, 0) is 11.3 Å². The molecule has 28 heavy (non-hydrogen) atoms. The zero-order valence-corrected chi connectivity index (χ0v) is 17.0. The number of nitrogens with zero attached hydrogens (tertiary/aromatic N) is 3. The van der Waals surface area contributed by atoms with E-state index in [1.807, 2.05) is 23.5 Å². The number of pyridine rings is 1. The van der Waals surface area contributed by atoms with Gasteiger partial charge < -0.3 is 15.0 Å². The Balaban J connectivity index is 1.27. The van der Waals surface area contributed by atoms with Gasteiger partial charge in [-0.2, -0.15) is 0 Å². The van der Waals surface area contributed by atoms with Crippen LogP contribution in [0, 0.1) is 5.92 Å². The third-order valence-corrected chi connectivity index (χ3v) is 6.42. The molecule has 0 saturated carbocycles. The SMILES string of the molecule is O=C(NCC1CCN(Cc2cccs2)CC1)c1cccnc1N1CCOCC1. The molecule has 2 aliphatic rings. The van der Waals surface area contributed by atoms with Crippen molar-refractivity contribution >= 4 is 23.1 Å². The monoisotopic (exact) mass is 400 g/mol. The zero-order chi connectivity index (χ0) is 19.2. The molecule has 2 aliphatic heterocycles. The maximum Gasteiger partial charge on any atom is 0.255 e. The van der Waals surface area contributed by atoms with E-state index < -0.39 is 0 Å². The topological polar surface area (TPSA) is 57.7 Å². The lowest BCUT2D eigenvalue weighted by Crippen LogP contribution is -2.40. The van der Waals surface area contributed by atoms with Gasteiger partial charge in [0.1, 0.15) is 5.82 Å². The molecular weight excluding hydrogens is 372 g/mol. The number of thiophene rings is 1. The third kappa shape index (κ3) is 4.90. The molecule has 0 aromatic carbocycles.